The second kappa shape index (κ2) is 11.2. The van der Waals surface area contributed by atoms with Gasteiger partial charge < -0.3 is 10.1 Å². The van der Waals surface area contributed by atoms with Crippen LogP contribution in [0.25, 0.3) is 0 Å². The second-order valence-electron chi connectivity index (χ2n) is 5.67. The van der Waals surface area contributed by atoms with Gasteiger partial charge in [-0.15, -0.1) is 0 Å². The first-order valence-corrected chi connectivity index (χ1v) is 8.46. The smallest absolute Gasteiger partial charge is 0.333 e. The molecule has 0 heterocycles. The van der Waals surface area contributed by atoms with Crippen molar-refractivity contribution in [1.29, 1.82) is 0 Å². The molecule has 25 heavy (non-hydrogen) atoms. The van der Waals surface area contributed by atoms with E-state index in [-0.39, 0.29) is 19.6 Å². The van der Waals surface area contributed by atoms with Crippen molar-refractivity contribution >= 4 is 18.3 Å². The minimum atomic E-state index is -0.929. The van der Waals surface area contributed by atoms with Crippen molar-refractivity contribution in [2.45, 2.75) is 39.2 Å². The molecular weight excluding hydrogens is 324 g/mol. The van der Waals surface area contributed by atoms with Crippen molar-refractivity contribution in [1.82, 2.24) is 10.4 Å². The van der Waals surface area contributed by atoms with Crippen LogP contribution in [0.5, 0.6) is 0 Å². The van der Waals surface area contributed by atoms with Crippen molar-refractivity contribution in [3.8, 4) is 0 Å². The van der Waals surface area contributed by atoms with Gasteiger partial charge in [-0.2, -0.15) is 0 Å². The number of hydrogen-bond acceptors (Lipinski definition) is 5. The molecule has 0 radical (unpaired) electrons. The molecule has 0 saturated heterocycles. The van der Waals surface area contributed by atoms with Crippen molar-refractivity contribution in [3.63, 3.8) is 0 Å². The molecule has 0 aliphatic rings. The van der Waals surface area contributed by atoms with Crippen LogP contribution in [0, 0.1) is 5.92 Å². The maximum atomic E-state index is 12.6. The molecule has 7 nitrogen and oxygen atoms in total. The fraction of sp³-hybridized carbons (Fsp3) is 0.500. The summed E-state index contributed by atoms with van der Waals surface area (Å²) in [5, 5.41) is 12.6. The third-order valence-corrected chi connectivity index (χ3v) is 3.75. The molecular formula is C18H26N2O5. The Morgan fingerprint density at radius 2 is 1.96 bits per heavy atom. The zero-order chi connectivity index (χ0) is 18.7. The number of nitrogens with zero attached hydrogens (tertiary/aromatic N) is 1. The lowest BCUT2D eigenvalue weighted by Crippen LogP contribution is -2.42. The number of nitrogens with one attached hydrogen (secondary N) is 1. The highest BCUT2D eigenvalue weighted by Crippen LogP contribution is 2.17. The van der Waals surface area contributed by atoms with Crippen LogP contribution in [0.4, 0.5) is 0 Å². The summed E-state index contributed by atoms with van der Waals surface area (Å²) in [6, 6.07) is 7.88. The first-order valence-electron chi connectivity index (χ1n) is 8.46. The average Bonchev–Trinajstić information content (AvgIpc) is 2.63. The molecule has 0 fully saturated rings. The average molecular weight is 350 g/mol. The topological polar surface area (TPSA) is 95.9 Å². The van der Waals surface area contributed by atoms with E-state index in [1.165, 1.54) is 0 Å². The van der Waals surface area contributed by atoms with E-state index in [1.807, 2.05) is 13.0 Å². The maximum absolute atomic E-state index is 12.6. The van der Waals surface area contributed by atoms with Gasteiger partial charge in [-0.05, 0) is 18.9 Å². The van der Waals surface area contributed by atoms with Crippen LogP contribution in [-0.4, -0.2) is 41.7 Å². The number of amides is 2. The standard InChI is InChI=1S/C18H26N2O5/c1-3-5-9-15(12-20(24)13-21)17(22)19-16(18(23)25-4-2)14-10-7-6-8-11-14/h6-8,10-11,13,15-16,24H,3-5,9,12H2,1-2H3,(H,19,22)/t15-,16+/m1/s1. The molecule has 1 aromatic carbocycles. The Hall–Kier alpha value is -2.41. The summed E-state index contributed by atoms with van der Waals surface area (Å²) in [7, 11) is 0. The summed E-state index contributed by atoms with van der Waals surface area (Å²) < 4.78 is 5.05. The van der Waals surface area contributed by atoms with E-state index in [0.717, 1.165) is 12.8 Å². The van der Waals surface area contributed by atoms with E-state index in [1.54, 1.807) is 31.2 Å². The molecule has 0 aromatic heterocycles. The predicted octanol–water partition coefficient (Wildman–Crippen LogP) is 2.06. The van der Waals surface area contributed by atoms with E-state index in [2.05, 4.69) is 5.32 Å². The third kappa shape index (κ3) is 6.93. The van der Waals surface area contributed by atoms with Gasteiger partial charge in [0.1, 0.15) is 0 Å². The van der Waals surface area contributed by atoms with E-state index < -0.39 is 23.8 Å². The van der Waals surface area contributed by atoms with Gasteiger partial charge in [0, 0.05) is 0 Å². The van der Waals surface area contributed by atoms with Crippen molar-refractivity contribution in [2.75, 3.05) is 13.2 Å². The number of esters is 1. The monoisotopic (exact) mass is 350 g/mol. The predicted molar refractivity (Wildman–Crippen MR) is 91.5 cm³/mol. The van der Waals surface area contributed by atoms with Crippen LogP contribution < -0.4 is 5.32 Å². The summed E-state index contributed by atoms with van der Waals surface area (Å²) in [6.07, 6.45) is 2.39. The summed E-state index contributed by atoms with van der Waals surface area (Å²) in [5.74, 6) is -1.57. The molecule has 0 aliphatic heterocycles. The third-order valence-electron chi connectivity index (χ3n) is 3.75. The number of benzene rings is 1. The van der Waals surface area contributed by atoms with Crippen LogP contribution in [0.1, 0.15) is 44.7 Å². The minimum Gasteiger partial charge on any atom is -0.464 e. The normalized spacial score (nSPS) is 12.8. The largest absolute Gasteiger partial charge is 0.464 e. The summed E-state index contributed by atoms with van der Waals surface area (Å²) in [4.78, 5) is 35.5. The van der Waals surface area contributed by atoms with Crippen LogP contribution in [0.3, 0.4) is 0 Å². The first-order chi connectivity index (χ1) is 12.0. The quantitative estimate of drug-likeness (QED) is 0.276. The lowest BCUT2D eigenvalue weighted by molar-refractivity contribution is -0.156. The molecule has 0 spiro atoms. The number of carbonyl (C=O) groups excluding carboxylic acids is 3. The van der Waals surface area contributed by atoms with Gasteiger partial charge >= 0.3 is 5.97 Å². The Kier molecular flexibility index (Phi) is 9.24. The molecule has 0 aliphatic carbocycles. The number of unbranched alkanes of at least 4 members (excludes halogenated alkanes) is 1. The highest BCUT2D eigenvalue weighted by atomic mass is 16.5. The van der Waals surface area contributed by atoms with E-state index >= 15 is 0 Å². The van der Waals surface area contributed by atoms with Crippen LogP contribution in [-0.2, 0) is 19.1 Å². The number of ether oxygens (including phenoxy) is 1. The molecule has 7 heteroatoms. The molecule has 0 saturated carbocycles. The summed E-state index contributed by atoms with van der Waals surface area (Å²) in [6.45, 7) is 3.75. The Morgan fingerprint density at radius 1 is 1.28 bits per heavy atom. The van der Waals surface area contributed by atoms with Gasteiger partial charge in [0.2, 0.25) is 12.3 Å². The molecule has 0 bridgehead atoms. The Bertz CT molecular complexity index is 550. The molecule has 1 rings (SSSR count). The minimum absolute atomic E-state index is 0.125. The fourth-order valence-corrected chi connectivity index (χ4v) is 2.43. The van der Waals surface area contributed by atoms with Gasteiger partial charge in [-0.3, -0.25) is 14.8 Å². The van der Waals surface area contributed by atoms with Crippen molar-refractivity contribution in [2.24, 2.45) is 5.92 Å². The second-order valence-corrected chi connectivity index (χ2v) is 5.67. The van der Waals surface area contributed by atoms with Crippen LogP contribution in [0.15, 0.2) is 30.3 Å². The molecule has 1 aromatic rings. The number of rotatable bonds is 11. The Balaban J connectivity index is 2.92. The van der Waals surface area contributed by atoms with Crippen LogP contribution in [0.2, 0.25) is 0 Å². The SMILES string of the molecule is CCCC[C@H](CN(O)C=O)C(=O)N[C@H](C(=O)OCC)c1ccccc1. The first kappa shape index (κ1) is 20.6. The fourth-order valence-electron chi connectivity index (χ4n) is 2.43. The molecule has 138 valence electrons. The van der Waals surface area contributed by atoms with Gasteiger partial charge in [-0.1, -0.05) is 50.1 Å². The van der Waals surface area contributed by atoms with Crippen molar-refractivity contribution in [3.05, 3.63) is 35.9 Å². The highest BCUT2D eigenvalue weighted by Gasteiger charge is 2.28. The van der Waals surface area contributed by atoms with E-state index in [0.29, 0.717) is 17.0 Å². The zero-order valence-corrected chi connectivity index (χ0v) is 14.7. The number of hydrogen-bond donors (Lipinski definition) is 2. The molecule has 0 unspecified atom stereocenters. The number of hydroxylamine groups is 2. The van der Waals surface area contributed by atoms with E-state index in [9.17, 15) is 19.6 Å². The molecule has 2 atom stereocenters. The van der Waals surface area contributed by atoms with Gasteiger partial charge in [0.15, 0.2) is 6.04 Å². The molecule has 2 amide bonds. The zero-order valence-electron chi connectivity index (χ0n) is 14.7. The number of carbonyl (C=O) groups is 3. The lowest BCUT2D eigenvalue weighted by Gasteiger charge is -2.23. The van der Waals surface area contributed by atoms with Gasteiger partial charge in [0.25, 0.3) is 0 Å². The highest BCUT2D eigenvalue weighted by molar-refractivity contribution is 5.86. The van der Waals surface area contributed by atoms with Gasteiger partial charge in [0.05, 0.1) is 19.1 Å². The summed E-state index contributed by atoms with van der Waals surface area (Å²) in [5.41, 5.74) is 0.611. The maximum Gasteiger partial charge on any atom is 0.333 e. The Labute approximate surface area is 147 Å². The Morgan fingerprint density at radius 3 is 2.52 bits per heavy atom. The molecule has 2 N–H and O–H groups in total. The van der Waals surface area contributed by atoms with Crippen LogP contribution >= 0.6 is 0 Å². The van der Waals surface area contributed by atoms with Gasteiger partial charge in [-0.25, -0.2) is 9.86 Å². The van der Waals surface area contributed by atoms with E-state index in [4.69, 9.17) is 4.74 Å². The summed E-state index contributed by atoms with van der Waals surface area (Å²) >= 11 is 0. The lowest BCUT2D eigenvalue weighted by atomic mass is 9.99. The van der Waals surface area contributed by atoms with Crippen molar-refractivity contribution < 1.29 is 24.3 Å².